The number of likely N-dealkylation sites (N-methyl/N-ethyl adjacent to an activating group) is 1. The normalized spacial score (nSPS) is 20.9. The lowest BCUT2D eigenvalue weighted by molar-refractivity contribution is -0.122. The highest BCUT2D eigenvalue weighted by Crippen LogP contribution is 2.27. The Bertz CT molecular complexity index is 788. The number of amides is 1. The van der Waals surface area contributed by atoms with Crippen molar-refractivity contribution in [3.05, 3.63) is 47.0 Å². The highest BCUT2D eigenvalue weighted by molar-refractivity contribution is 7.13. The maximum absolute atomic E-state index is 12.9. The summed E-state index contributed by atoms with van der Waals surface area (Å²) in [6.07, 6.45) is 3.75. The van der Waals surface area contributed by atoms with E-state index in [-0.39, 0.29) is 11.9 Å². The summed E-state index contributed by atoms with van der Waals surface area (Å²) in [6, 6.07) is 8.41. The van der Waals surface area contributed by atoms with Crippen LogP contribution in [-0.4, -0.2) is 66.0 Å². The van der Waals surface area contributed by atoms with E-state index in [0.717, 1.165) is 63.8 Å². The second kappa shape index (κ2) is 9.69. The van der Waals surface area contributed by atoms with Crippen LogP contribution < -0.4 is 10.2 Å². The number of benzene rings is 1. The quantitative estimate of drug-likeness (QED) is 0.756. The number of hydrogen-bond acceptors (Lipinski definition) is 6. The van der Waals surface area contributed by atoms with Gasteiger partial charge in [0, 0.05) is 57.4 Å². The predicted octanol–water partition coefficient (Wildman–Crippen LogP) is 2.57. The molecule has 2 saturated heterocycles. The van der Waals surface area contributed by atoms with Crippen LogP contribution in [0.15, 0.2) is 35.8 Å². The average molecular weight is 414 g/mol. The van der Waals surface area contributed by atoms with Gasteiger partial charge >= 0.3 is 0 Å². The van der Waals surface area contributed by atoms with Gasteiger partial charge in [-0.25, -0.2) is 4.98 Å². The summed E-state index contributed by atoms with van der Waals surface area (Å²) in [5.74, 6) is 0.115. The van der Waals surface area contributed by atoms with E-state index in [9.17, 15) is 4.79 Å². The molecule has 0 radical (unpaired) electrons. The molecule has 0 spiro atoms. The van der Waals surface area contributed by atoms with Gasteiger partial charge in [-0.05, 0) is 30.5 Å². The Morgan fingerprint density at radius 1 is 1.14 bits per heavy atom. The van der Waals surface area contributed by atoms with Gasteiger partial charge in [-0.3, -0.25) is 9.69 Å². The monoisotopic (exact) mass is 413 g/mol. The van der Waals surface area contributed by atoms with Crippen LogP contribution in [0.1, 0.15) is 30.9 Å². The summed E-state index contributed by atoms with van der Waals surface area (Å²) in [6.45, 7) is 10.3. The Kier molecular flexibility index (Phi) is 6.79. The summed E-state index contributed by atoms with van der Waals surface area (Å²) in [5, 5.41) is 6.12. The number of anilines is 1. The predicted molar refractivity (Wildman–Crippen MR) is 118 cm³/mol. The van der Waals surface area contributed by atoms with E-state index in [1.165, 1.54) is 11.1 Å². The van der Waals surface area contributed by atoms with Crippen molar-refractivity contribution in [2.45, 2.75) is 38.9 Å². The molecule has 2 aromatic rings. The van der Waals surface area contributed by atoms with Gasteiger partial charge in [0.1, 0.15) is 6.04 Å². The molecule has 3 heterocycles. The van der Waals surface area contributed by atoms with Gasteiger partial charge in [0.2, 0.25) is 5.91 Å². The van der Waals surface area contributed by atoms with Crippen molar-refractivity contribution in [3.63, 3.8) is 0 Å². The minimum Gasteiger partial charge on any atom is -0.350 e. The van der Waals surface area contributed by atoms with Crippen molar-refractivity contribution in [3.8, 4) is 0 Å². The third kappa shape index (κ3) is 4.97. The van der Waals surface area contributed by atoms with Crippen LogP contribution in [-0.2, 0) is 17.9 Å². The molecule has 2 fully saturated rings. The highest BCUT2D eigenvalue weighted by atomic mass is 32.1. The first-order chi connectivity index (χ1) is 14.2. The molecular weight excluding hydrogens is 382 g/mol. The number of thiazole rings is 1. The van der Waals surface area contributed by atoms with E-state index in [0.29, 0.717) is 6.54 Å². The fourth-order valence-corrected chi connectivity index (χ4v) is 5.03. The molecule has 1 aromatic carbocycles. The Morgan fingerprint density at radius 2 is 1.90 bits per heavy atom. The van der Waals surface area contributed by atoms with E-state index in [4.69, 9.17) is 0 Å². The van der Waals surface area contributed by atoms with E-state index in [1.807, 2.05) is 11.6 Å². The minimum absolute atomic E-state index is 0.101. The maximum Gasteiger partial charge on any atom is 0.243 e. The lowest BCUT2D eigenvalue weighted by Crippen LogP contribution is -2.45. The molecule has 29 heavy (non-hydrogen) atoms. The highest BCUT2D eigenvalue weighted by Gasteiger charge is 2.32. The number of piperazine rings is 1. The number of nitrogens with zero attached hydrogens (tertiary/aromatic N) is 4. The molecule has 0 bridgehead atoms. The van der Waals surface area contributed by atoms with E-state index >= 15 is 0 Å². The smallest absolute Gasteiger partial charge is 0.243 e. The average Bonchev–Trinajstić information content (AvgIpc) is 3.45. The van der Waals surface area contributed by atoms with Gasteiger partial charge in [0.05, 0.1) is 0 Å². The van der Waals surface area contributed by atoms with Crippen molar-refractivity contribution in [1.29, 1.82) is 0 Å². The lowest BCUT2D eigenvalue weighted by atomic mass is 10.1. The number of aromatic nitrogens is 1. The summed E-state index contributed by atoms with van der Waals surface area (Å²) < 4.78 is 0. The zero-order valence-electron chi connectivity index (χ0n) is 17.2. The number of hydrogen-bond donors (Lipinski definition) is 1. The fraction of sp³-hybridized carbons (Fsp3) is 0.545. The topological polar surface area (TPSA) is 51.7 Å². The molecule has 7 heteroatoms. The maximum atomic E-state index is 12.9. The number of carbonyl (C=O) groups is 1. The molecule has 1 atom stereocenters. The lowest BCUT2D eigenvalue weighted by Gasteiger charge is -2.34. The first-order valence-electron chi connectivity index (χ1n) is 10.7. The molecule has 1 unspecified atom stereocenters. The van der Waals surface area contributed by atoms with Crippen LogP contribution in [0.5, 0.6) is 0 Å². The minimum atomic E-state index is -0.101. The van der Waals surface area contributed by atoms with Gasteiger partial charge in [0.25, 0.3) is 0 Å². The van der Waals surface area contributed by atoms with Crippen molar-refractivity contribution in [2.75, 3.05) is 44.2 Å². The van der Waals surface area contributed by atoms with Crippen LogP contribution in [0.2, 0.25) is 0 Å². The third-order valence-electron chi connectivity index (χ3n) is 6.10. The molecule has 1 amide bonds. The molecule has 2 aliphatic rings. The molecule has 6 nitrogen and oxygen atoms in total. The Labute approximate surface area is 177 Å². The van der Waals surface area contributed by atoms with Crippen molar-refractivity contribution < 1.29 is 4.79 Å². The van der Waals surface area contributed by atoms with E-state index < -0.39 is 0 Å². The zero-order chi connectivity index (χ0) is 20.1. The van der Waals surface area contributed by atoms with Crippen LogP contribution in [0.3, 0.4) is 0 Å². The summed E-state index contributed by atoms with van der Waals surface area (Å²) >= 11 is 1.61. The van der Waals surface area contributed by atoms with Gasteiger partial charge in [-0.15, -0.1) is 11.3 Å². The van der Waals surface area contributed by atoms with Crippen molar-refractivity contribution >= 4 is 22.4 Å². The van der Waals surface area contributed by atoms with Crippen molar-refractivity contribution in [2.24, 2.45) is 0 Å². The largest absolute Gasteiger partial charge is 0.350 e. The number of rotatable bonds is 7. The molecule has 2 aliphatic heterocycles. The van der Waals surface area contributed by atoms with E-state index in [1.54, 1.807) is 11.3 Å². The number of carbonyl (C=O) groups excluding carboxylic acids is 1. The third-order valence-corrected chi connectivity index (χ3v) is 6.91. The Hall–Kier alpha value is -1.96. The Balaban J connectivity index is 1.34. The standard InChI is InChI=1S/C22H31N5OS/c1-2-25-11-13-26(14-12-25)17-19-7-4-3-6-18(19)16-24-21(28)20-8-5-10-27(20)22-23-9-15-29-22/h3-4,6-7,9,15,20H,2,5,8,10-14,16-17H2,1H3,(H,24,28). The SMILES string of the molecule is CCN1CCN(Cc2ccccc2CNC(=O)C2CCCN2c2nccs2)CC1. The van der Waals surface area contributed by atoms with Gasteiger partial charge in [-0.1, -0.05) is 31.2 Å². The summed E-state index contributed by atoms with van der Waals surface area (Å²) in [7, 11) is 0. The van der Waals surface area contributed by atoms with Crippen LogP contribution >= 0.6 is 11.3 Å². The second-order valence-electron chi connectivity index (χ2n) is 7.86. The Morgan fingerprint density at radius 3 is 2.62 bits per heavy atom. The summed E-state index contributed by atoms with van der Waals surface area (Å²) in [5.41, 5.74) is 2.54. The van der Waals surface area contributed by atoms with Crippen LogP contribution in [0.4, 0.5) is 5.13 Å². The van der Waals surface area contributed by atoms with Crippen LogP contribution in [0.25, 0.3) is 0 Å². The fourth-order valence-electron chi connectivity index (χ4n) is 4.31. The van der Waals surface area contributed by atoms with E-state index in [2.05, 4.69) is 56.2 Å². The first kappa shape index (κ1) is 20.3. The molecule has 1 N–H and O–H groups in total. The molecule has 0 saturated carbocycles. The number of nitrogens with one attached hydrogen (secondary N) is 1. The molecule has 156 valence electrons. The summed E-state index contributed by atoms with van der Waals surface area (Å²) in [4.78, 5) is 24.5. The van der Waals surface area contributed by atoms with Gasteiger partial charge < -0.3 is 15.1 Å². The van der Waals surface area contributed by atoms with Gasteiger partial charge in [0.15, 0.2) is 5.13 Å². The van der Waals surface area contributed by atoms with Crippen molar-refractivity contribution in [1.82, 2.24) is 20.1 Å². The molecule has 0 aliphatic carbocycles. The second-order valence-corrected chi connectivity index (χ2v) is 8.74. The molecule has 1 aromatic heterocycles. The van der Waals surface area contributed by atoms with Gasteiger partial charge in [-0.2, -0.15) is 0 Å². The van der Waals surface area contributed by atoms with Crippen LogP contribution in [0, 0.1) is 0 Å². The molecular formula is C22H31N5OS. The molecule has 4 rings (SSSR count). The zero-order valence-corrected chi connectivity index (χ0v) is 18.0. The first-order valence-corrected chi connectivity index (χ1v) is 11.6.